The molecule has 0 amide bonds. The van der Waals surface area contributed by atoms with Crippen molar-refractivity contribution in [3.05, 3.63) is 101 Å². The smallest absolute Gasteiger partial charge is 0.416 e. The van der Waals surface area contributed by atoms with Gasteiger partial charge in [-0.2, -0.15) is 25.9 Å². The largest absolute Gasteiger partial charge is 0.487 e. The summed E-state index contributed by atoms with van der Waals surface area (Å²) in [4.78, 5) is 15.8. The highest BCUT2D eigenvalue weighted by atomic mass is 32.2. The lowest BCUT2D eigenvalue weighted by Gasteiger charge is -2.21. The lowest BCUT2D eigenvalue weighted by molar-refractivity contribution is -0.138. The number of aliphatic carboxylic acids is 1. The molecule has 216 valence electrons. The van der Waals surface area contributed by atoms with Crippen LogP contribution in [0.15, 0.2) is 77.2 Å². The second-order valence-corrected chi connectivity index (χ2v) is 10.8. The van der Waals surface area contributed by atoms with Gasteiger partial charge in [0, 0.05) is 17.8 Å². The van der Waals surface area contributed by atoms with E-state index in [-0.39, 0.29) is 19.0 Å². The van der Waals surface area contributed by atoms with E-state index in [1.54, 1.807) is 55.5 Å². The van der Waals surface area contributed by atoms with Crippen molar-refractivity contribution in [3.8, 4) is 17.2 Å². The maximum atomic E-state index is 13.0. The molecule has 13 heteroatoms. The van der Waals surface area contributed by atoms with Crippen LogP contribution in [0, 0.1) is 13.8 Å². The second-order valence-electron chi connectivity index (χ2n) is 9.17. The summed E-state index contributed by atoms with van der Waals surface area (Å²) in [5, 5.41) is 9.33. The predicted octanol–water partition coefficient (Wildman–Crippen LogP) is 5.80. The molecule has 0 atom stereocenters. The molecular formula is C28H26F3N3O6S. The van der Waals surface area contributed by atoms with E-state index >= 15 is 0 Å². The van der Waals surface area contributed by atoms with Crippen LogP contribution >= 0.6 is 0 Å². The minimum Gasteiger partial charge on any atom is -0.487 e. The van der Waals surface area contributed by atoms with Crippen molar-refractivity contribution >= 4 is 21.9 Å². The van der Waals surface area contributed by atoms with Gasteiger partial charge in [0.2, 0.25) is 5.89 Å². The number of carbonyl (C=O) groups is 1. The van der Waals surface area contributed by atoms with E-state index in [9.17, 15) is 31.5 Å². The fraction of sp³-hybridized carbons (Fsp3) is 0.214. The van der Waals surface area contributed by atoms with Gasteiger partial charge in [-0.1, -0.05) is 29.8 Å². The molecule has 41 heavy (non-hydrogen) atoms. The summed E-state index contributed by atoms with van der Waals surface area (Å²) in [6.07, 6.45) is -4.45. The van der Waals surface area contributed by atoms with Crippen molar-refractivity contribution < 1.29 is 40.6 Å². The summed E-state index contributed by atoms with van der Waals surface area (Å²) < 4.78 is 79.1. The van der Waals surface area contributed by atoms with E-state index in [0.717, 1.165) is 22.0 Å². The molecule has 0 aliphatic heterocycles. The Hall–Kier alpha value is -4.36. The molecule has 2 N–H and O–H groups in total. The monoisotopic (exact) mass is 589 g/mol. The summed E-state index contributed by atoms with van der Waals surface area (Å²) in [5.41, 5.74) is 1.70. The van der Waals surface area contributed by atoms with Crippen molar-refractivity contribution in [2.75, 3.05) is 11.3 Å². The standard InChI is InChI=1S/C28H26F3N3O6S/c1-18-6-12-23(13-7-18)33-41(37,38)34(16-26(35)36)15-20-4-3-5-24(14-20)39-17-25-19(2)40-27(32-25)21-8-10-22(11-9-21)28(29,30)31/h3-14,33H,15-17H2,1-2H3,(H,35,36). The van der Waals surface area contributed by atoms with E-state index in [2.05, 4.69) is 9.71 Å². The zero-order chi connectivity index (χ0) is 29.8. The highest BCUT2D eigenvalue weighted by Gasteiger charge is 2.30. The molecule has 0 bridgehead atoms. The van der Waals surface area contributed by atoms with Crippen LogP contribution in [0.5, 0.6) is 5.75 Å². The maximum absolute atomic E-state index is 13.0. The first kappa shape index (κ1) is 29.6. The highest BCUT2D eigenvalue weighted by molar-refractivity contribution is 7.90. The number of benzene rings is 3. The molecule has 0 spiro atoms. The van der Waals surface area contributed by atoms with Crippen LogP contribution in [0.4, 0.5) is 18.9 Å². The summed E-state index contributed by atoms with van der Waals surface area (Å²) in [5.74, 6) is -0.409. The van der Waals surface area contributed by atoms with E-state index in [0.29, 0.717) is 34.0 Å². The average molecular weight is 590 g/mol. The number of alkyl halides is 3. The number of halogens is 3. The van der Waals surface area contributed by atoms with Gasteiger partial charge in [0.15, 0.2) is 0 Å². The number of ether oxygens (including phenoxy) is 1. The minimum absolute atomic E-state index is 0.0362. The maximum Gasteiger partial charge on any atom is 0.416 e. The third-order valence-corrected chi connectivity index (χ3v) is 7.37. The lowest BCUT2D eigenvalue weighted by Crippen LogP contribution is -2.39. The predicted molar refractivity (Wildman–Crippen MR) is 144 cm³/mol. The summed E-state index contributed by atoms with van der Waals surface area (Å²) in [6.45, 7) is 2.45. The molecule has 0 aliphatic rings. The number of aromatic nitrogens is 1. The second kappa shape index (κ2) is 12.0. The molecular weight excluding hydrogens is 563 g/mol. The van der Waals surface area contributed by atoms with Crippen LogP contribution in [-0.2, 0) is 34.3 Å². The normalized spacial score (nSPS) is 12.0. The Labute approximate surface area is 234 Å². The molecule has 4 aromatic rings. The van der Waals surface area contributed by atoms with Gasteiger partial charge in [-0.25, -0.2) is 4.98 Å². The Kier molecular flexibility index (Phi) is 8.69. The van der Waals surface area contributed by atoms with E-state index in [1.807, 2.05) is 6.92 Å². The van der Waals surface area contributed by atoms with Gasteiger partial charge in [0.25, 0.3) is 0 Å². The fourth-order valence-corrected chi connectivity index (χ4v) is 4.95. The fourth-order valence-electron chi connectivity index (χ4n) is 3.79. The van der Waals surface area contributed by atoms with Crippen LogP contribution in [0.2, 0.25) is 0 Å². The first-order valence-corrected chi connectivity index (χ1v) is 13.7. The number of nitrogens with one attached hydrogen (secondary N) is 1. The molecule has 0 fully saturated rings. The lowest BCUT2D eigenvalue weighted by atomic mass is 10.1. The van der Waals surface area contributed by atoms with Crippen molar-refractivity contribution in [2.24, 2.45) is 0 Å². The van der Waals surface area contributed by atoms with Gasteiger partial charge in [-0.3, -0.25) is 9.52 Å². The molecule has 1 aromatic heterocycles. The molecule has 0 saturated heterocycles. The third-order valence-electron chi connectivity index (χ3n) is 5.93. The summed E-state index contributed by atoms with van der Waals surface area (Å²) in [6, 6.07) is 17.5. The number of carboxylic acids is 1. The van der Waals surface area contributed by atoms with Crippen LogP contribution in [0.3, 0.4) is 0 Å². The zero-order valence-electron chi connectivity index (χ0n) is 22.0. The Balaban J connectivity index is 1.45. The van der Waals surface area contributed by atoms with Crippen LogP contribution in [0.1, 0.15) is 28.1 Å². The van der Waals surface area contributed by atoms with Crippen molar-refractivity contribution in [1.82, 2.24) is 9.29 Å². The number of hydrogen-bond donors (Lipinski definition) is 2. The molecule has 0 unspecified atom stereocenters. The Morgan fingerprint density at radius 1 is 1.05 bits per heavy atom. The first-order valence-electron chi connectivity index (χ1n) is 12.2. The van der Waals surface area contributed by atoms with Crippen LogP contribution in [0.25, 0.3) is 11.5 Å². The summed E-state index contributed by atoms with van der Waals surface area (Å²) in [7, 11) is -4.21. The molecule has 0 saturated carbocycles. The Morgan fingerprint density at radius 2 is 1.73 bits per heavy atom. The van der Waals surface area contributed by atoms with E-state index in [4.69, 9.17) is 9.15 Å². The number of aryl methyl sites for hydroxylation is 2. The topological polar surface area (TPSA) is 122 Å². The minimum atomic E-state index is -4.45. The molecule has 9 nitrogen and oxygen atoms in total. The van der Waals surface area contributed by atoms with Crippen molar-refractivity contribution in [3.63, 3.8) is 0 Å². The molecule has 0 radical (unpaired) electrons. The molecule has 4 rings (SSSR count). The van der Waals surface area contributed by atoms with Crippen molar-refractivity contribution in [1.29, 1.82) is 0 Å². The number of hydrogen-bond acceptors (Lipinski definition) is 6. The van der Waals surface area contributed by atoms with Gasteiger partial charge < -0.3 is 14.3 Å². The Bertz CT molecular complexity index is 1620. The number of rotatable bonds is 11. The highest BCUT2D eigenvalue weighted by Crippen LogP contribution is 2.31. The van der Waals surface area contributed by atoms with Crippen LogP contribution in [-0.4, -0.2) is 35.3 Å². The Morgan fingerprint density at radius 3 is 2.37 bits per heavy atom. The van der Waals surface area contributed by atoms with Gasteiger partial charge >= 0.3 is 22.4 Å². The third kappa shape index (κ3) is 7.86. The number of nitrogens with zero attached hydrogens (tertiary/aromatic N) is 2. The number of carboxylic acid groups (broad SMARTS) is 1. The van der Waals surface area contributed by atoms with Crippen LogP contribution < -0.4 is 9.46 Å². The molecule has 1 heterocycles. The summed E-state index contributed by atoms with van der Waals surface area (Å²) >= 11 is 0. The molecule has 3 aromatic carbocycles. The van der Waals surface area contributed by atoms with Gasteiger partial charge in [0.05, 0.1) is 5.56 Å². The average Bonchev–Trinajstić information content (AvgIpc) is 3.28. The SMILES string of the molecule is Cc1ccc(NS(=O)(=O)N(CC(=O)O)Cc2cccc(OCc3nc(-c4ccc(C(F)(F)F)cc4)oc3C)c2)cc1. The van der Waals surface area contributed by atoms with Gasteiger partial charge in [0.1, 0.15) is 30.4 Å². The van der Waals surface area contributed by atoms with E-state index in [1.165, 1.54) is 12.1 Å². The van der Waals surface area contributed by atoms with Gasteiger partial charge in [-0.15, -0.1) is 0 Å². The number of oxazole rings is 1. The quantitative estimate of drug-likeness (QED) is 0.227. The first-order chi connectivity index (χ1) is 19.3. The van der Waals surface area contributed by atoms with E-state index < -0.39 is 34.5 Å². The van der Waals surface area contributed by atoms with Gasteiger partial charge in [-0.05, 0) is 67.9 Å². The van der Waals surface area contributed by atoms with Crippen molar-refractivity contribution in [2.45, 2.75) is 33.2 Å². The zero-order valence-corrected chi connectivity index (χ0v) is 22.8. The molecule has 0 aliphatic carbocycles. The number of anilines is 1.